The van der Waals surface area contributed by atoms with Gasteiger partial charge < -0.3 is 10.4 Å². The minimum atomic E-state index is 1.00. The van der Waals surface area contributed by atoms with Crippen LogP contribution in [0.3, 0.4) is 0 Å². The predicted molar refractivity (Wildman–Crippen MR) is 37.0 cm³/mol. The standard InChI is InChI=1S/C5H13N.CH4O/c1-3-4-5-6-2;1-2/h6H,3-5H2,1-2H3;2H,1H3. The normalized spacial score (nSPS) is 7.50. The summed E-state index contributed by atoms with van der Waals surface area (Å²) < 4.78 is 0. The lowest BCUT2D eigenvalue weighted by atomic mass is 10.3. The fourth-order valence-corrected chi connectivity index (χ4v) is 0.354. The molecule has 0 spiro atoms. The molecule has 0 fully saturated rings. The van der Waals surface area contributed by atoms with Crippen LogP contribution in [-0.2, 0) is 0 Å². The third-order valence-electron chi connectivity index (χ3n) is 0.780. The summed E-state index contributed by atoms with van der Waals surface area (Å²) in [5.74, 6) is 0. The van der Waals surface area contributed by atoms with E-state index in [4.69, 9.17) is 5.11 Å². The van der Waals surface area contributed by atoms with Gasteiger partial charge in [-0.05, 0) is 20.0 Å². The summed E-state index contributed by atoms with van der Waals surface area (Å²) in [6.45, 7) is 3.36. The molecule has 0 unspecified atom stereocenters. The van der Waals surface area contributed by atoms with Gasteiger partial charge in [0, 0.05) is 7.11 Å². The van der Waals surface area contributed by atoms with E-state index in [1.807, 2.05) is 7.05 Å². The third-order valence-corrected chi connectivity index (χ3v) is 0.780. The van der Waals surface area contributed by atoms with Gasteiger partial charge in [-0.25, -0.2) is 0 Å². The van der Waals surface area contributed by atoms with Gasteiger partial charge in [0.2, 0.25) is 0 Å². The van der Waals surface area contributed by atoms with E-state index in [9.17, 15) is 0 Å². The van der Waals surface area contributed by atoms with Crippen molar-refractivity contribution in [2.45, 2.75) is 19.8 Å². The van der Waals surface area contributed by atoms with Crippen LogP contribution in [0.2, 0.25) is 0 Å². The molecule has 52 valence electrons. The minimum Gasteiger partial charge on any atom is -0.400 e. The van der Waals surface area contributed by atoms with Crippen LogP contribution in [-0.4, -0.2) is 25.8 Å². The molecular weight excluding hydrogens is 102 g/mol. The van der Waals surface area contributed by atoms with Gasteiger partial charge in [-0.15, -0.1) is 0 Å². The Kier molecular flexibility index (Phi) is 21.3. The van der Waals surface area contributed by atoms with Gasteiger partial charge >= 0.3 is 0 Å². The average Bonchev–Trinajstić information content (AvgIpc) is 1.88. The molecular formula is C6H17NO. The number of hydrogen-bond donors (Lipinski definition) is 2. The highest BCUT2D eigenvalue weighted by atomic mass is 16.2. The molecule has 0 aliphatic rings. The maximum atomic E-state index is 7.00. The van der Waals surface area contributed by atoms with Crippen molar-refractivity contribution >= 4 is 0 Å². The van der Waals surface area contributed by atoms with Gasteiger partial charge in [-0.3, -0.25) is 0 Å². The lowest BCUT2D eigenvalue weighted by molar-refractivity contribution is 0.399. The van der Waals surface area contributed by atoms with Crippen molar-refractivity contribution in [1.82, 2.24) is 5.32 Å². The first-order valence-electron chi connectivity index (χ1n) is 3.01. The maximum Gasteiger partial charge on any atom is 0.0319 e. The molecule has 2 heteroatoms. The summed E-state index contributed by atoms with van der Waals surface area (Å²) in [5, 5.41) is 10.1. The van der Waals surface area contributed by atoms with Crippen LogP contribution in [0, 0.1) is 0 Å². The molecule has 0 saturated carbocycles. The Morgan fingerprint density at radius 3 is 2.00 bits per heavy atom. The van der Waals surface area contributed by atoms with Gasteiger partial charge in [0.25, 0.3) is 0 Å². The van der Waals surface area contributed by atoms with Crippen LogP contribution in [0.4, 0.5) is 0 Å². The van der Waals surface area contributed by atoms with E-state index in [2.05, 4.69) is 12.2 Å². The molecule has 8 heavy (non-hydrogen) atoms. The Morgan fingerprint density at radius 1 is 1.38 bits per heavy atom. The first kappa shape index (κ1) is 10.8. The highest BCUT2D eigenvalue weighted by Crippen LogP contribution is 1.79. The molecule has 0 aromatic heterocycles. The van der Waals surface area contributed by atoms with Gasteiger partial charge in [-0.2, -0.15) is 0 Å². The van der Waals surface area contributed by atoms with E-state index in [0.717, 1.165) is 13.7 Å². The van der Waals surface area contributed by atoms with Gasteiger partial charge in [-0.1, -0.05) is 13.3 Å². The number of rotatable bonds is 3. The summed E-state index contributed by atoms with van der Waals surface area (Å²) in [5.41, 5.74) is 0. The zero-order valence-corrected chi connectivity index (χ0v) is 6.07. The Bertz CT molecular complexity index is 20.5. The van der Waals surface area contributed by atoms with Gasteiger partial charge in [0.15, 0.2) is 0 Å². The van der Waals surface area contributed by atoms with Crippen molar-refractivity contribution in [1.29, 1.82) is 0 Å². The van der Waals surface area contributed by atoms with Crippen molar-refractivity contribution in [3.8, 4) is 0 Å². The summed E-state index contributed by atoms with van der Waals surface area (Å²) in [7, 11) is 2.98. The van der Waals surface area contributed by atoms with Crippen molar-refractivity contribution in [3.63, 3.8) is 0 Å². The van der Waals surface area contributed by atoms with Gasteiger partial charge in [0.1, 0.15) is 0 Å². The molecule has 2 N–H and O–H groups in total. The van der Waals surface area contributed by atoms with Gasteiger partial charge in [0.05, 0.1) is 0 Å². The van der Waals surface area contributed by atoms with Crippen LogP contribution >= 0.6 is 0 Å². The zero-order valence-electron chi connectivity index (χ0n) is 6.07. The van der Waals surface area contributed by atoms with E-state index in [1.54, 1.807) is 0 Å². The molecule has 0 aliphatic heterocycles. The monoisotopic (exact) mass is 119 g/mol. The molecule has 0 aromatic rings. The van der Waals surface area contributed by atoms with Crippen molar-refractivity contribution < 1.29 is 5.11 Å². The molecule has 0 heterocycles. The van der Waals surface area contributed by atoms with E-state index in [1.165, 1.54) is 12.8 Å². The number of aliphatic hydroxyl groups is 1. The first-order chi connectivity index (χ1) is 3.91. The van der Waals surface area contributed by atoms with Crippen molar-refractivity contribution in [2.75, 3.05) is 20.7 Å². The smallest absolute Gasteiger partial charge is 0.0319 e. The molecule has 0 amide bonds. The second kappa shape index (κ2) is 15.8. The molecule has 0 aromatic carbocycles. The molecule has 0 saturated heterocycles. The Morgan fingerprint density at radius 2 is 1.88 bits per heavy atom. The van der Waals surface area contributed by atoms with Crippen LogP contribution in [0.5, 0.6) is 0 Å². The van der Waals surface area contributed by atoms with E-state index >= 15 is 0 Å². The number of nitrogens with one attached hydrogen (secondary N) is 1. The van der Waals surface area contributed by atoms with E-state index in [-0.39, 0.29) is 0 Å². The Balaban J connectivity index is 0. The number of aliphatic hydroxyl groups excluding tert-OH is 1. The highest BCUT2D eigenvalue weighted by molar-refractivity contribution is 4.34. The fraction of sp³-hybridized carbons (Fsp3) is 1.00. The van der Waals surface area contributed by atoms with E-state index < -0.39 is 0 Å². The zero-order chi connectivity index (χ0) is 6.83. The molecule has 0 radical (unpaired) electrons. The molecule has 2 nitrogen and oxygen atoms in total. The Hall–Kier alpha value is -0.0800. The second-order valence-electron chi connectivity index (χ2n) is 1.46. The Labute approximate surface area is 51.9 Å². The average molecular weight is 119 g/mol. The highest BCUT2D eigenvalue weighted by Gasteiger charge is 1.73. The van der Waals surface area contributed by atoms with Crippen LogP contribution < -0.4 is 5.32 Å². The van der Waals surface area contributed by atoms with Crippen molar-refractivity contribution in [3.05, 3.63) is 0 Å². The van der Waals surface area contributed by atoms with Crippen molar-refractivity contribution in [2.24, 2.45) is 0 Å². The number of hydrogen-bond acceptors (Lipinski definition) is 2. The number of unbranched alkanes of at least 4 members (excludes halogenated alkanes) is 1. The van der Waals surface area contributed by atoms with Crippen LogP contribution in [0.15, 0.2) is 0 Å². The minimum absolute atomic E-state index is 1.00. The van der Waals surface area contributed by atoms with Crippen LogP contribution in [0.1, 0.15) is 19.8 Å². The summed E-state index contributed by atoms with van der Waals surface area (Å²) in [6, 6.07) is 0. The summed E-state index contributed by atoms with van der Waals surface area (Å²) in [6.07, 6.45) is 2.59. The lowest BCUT2D eigenvalue weighted by Gasteiger charge is -1.89. The summed E-state index contributed by atoms with van der Waals surface area (Å²) in [4.78, 5) is 0. The topological polar surface area (TPSA) is 32.3 Å². The summed E-state index contributed by atoms with van der Waals surface area (Å²) >= 11 is 0. The molecule has 0 rings (SSSR count). The molecule has 0 atom stereocenters. The first-order valence-corrected chi connectivity index (χ1v) is 3.01. The lowest BCUT2D eigenvalue weighted by Crippen LogP contribution is -2.06. The quantitative estimate of drug-likeness (QED) is 0.534. The predicted octanol–water partition coefficient (Wildman–Crippen LogP) is 0.614. The molecule has 0 aliphatic carbocycles. The fourth-order valence-electron chi connectivity index (χ4n) is 0.354. The molecule has 0 bridgehead atoms. The third kappa shape index (κ3) is 16.8. The maximum absolute atomic E-state index is 7.00. The van der Waals surface area contributed by atoms with E-state index in [0.29, 0.717) is 0 Å². The largest absolute Gasteiger partial charge is 0.400 e. The second-order valence-corrected chi connectivity index (χ2v) is 1.46. The SMILES string of the molecule is CCCCNC.CO. The van der Waals surface area contributed by atoms with Crippen LogP contribution in [0.25, 0.3) is 0 Å².